The highest BCUT2D eigenvalue weighted by atomic mass is 32.2. The first-order valence-electron chi connectivity index (χ1n) is 22.6. The molecule has 0 N–H and O–H groups in total. The topological polar surface area (TPSA) is 145 Å². The summed E-state index contributed by atoms with van der Waals surface area (Å²) < 4.78 is 40.0. The van der Waals surface area contributed by atoms with E-state index in [1.807, 2.05) is 0 Å². The summed E-state index contributed by atoms with van der Waals surface area (Å²) in [6, 6.07) is 0. The average Bonchev–Trinajstić information content (AvgIpc) is 3.63. The van der Waals surface area contributed by atoms with Crippen LogP contribution in [0.1, 0.15) is 145 Å². The summed E-state index contributed by atoms with van der Waals surface area (Å²) in [5.74, 6) is 3.99. The molecule has 0 saturated heterocycles. The fraction of sp³-hybridized carbons (Fsp3) is 0.872. The molecule has 0 spiro atoms. The number of allylic oxidation sites excluding steroid dienone is 2. The van der Waals surface area contributed by atoms with Crippen molar-refractivity contribution in [1.29, 1.82) is 0 Å². The predicted octanol–water partition coefficient (Wildman–Crippen LogP) is 11.3. The summed E-state index contributed by atoms with van der Waals surface area (Å²) in [5, 5.41) is 3.99. The van der Waals surface area contributed by atoms with Gasteiger partial charge < -0.3 is 9.47 Å². The molecule has 4 unspecified atom stereocenters. The molecule has 6 aliphatic rings. The van der Waals surface area contributed by atoms with Crippen LogP contribution in [0.4, 0.5) is 0 Å². The molecule has 328 valence electrons. The molecule has 0 aromatic rings. The van der Waals surface area contributed by atoms with Crippen LogP contribution < -0.4 is 0 Å². The molecule has 6 saturated carbocycles. The quantitative estimate of drug-likeness (QED) is 0.0503. The van der Waals surface area contributed by atoms with Crippen molar-refractivity contribution in [3.05, 3.63) is 34.7 Å². The van der Waals surface area contributed by atoms with Crippen molar-refractivity contribution >= 4 is 22.1 Å². The van der Waals surface area contributed by atoms with Gasteiger partial charge in [0.25, 0.3) is 10.1 Å². The van der Waals surface area contributed by atoms with Gasteiger partial charge in [-0.2, -0.15) is 8.42 Å². The highest BCUT2D eigenvalue weighted by Crippen LogP contribution is 2.65. The van der Waals surface area contributed by atoms with Gasteiger partial charge in [-0.1, -0.05) is 83.8 Å². The SMILES string of the molecule is C=C1CCC2[C@H](COC(C)=O)C([C@@]3(C)CC[C@H](C)C[C@@H]3CN=[N+]=[N-])CC[C@]12C.C=C1CCC2[C@H](COC(C)=O)C([C@@]3(C)CC[C@H](C)C[C@@H]3COS(C)(=O)=O)CC[C@]12C. The normalized spacial score (nSPS) is 42.6. The van der Waals surface area contributed by atoms with E-state index in [0.717, 1.165) is 76.9 Å². The average molecular weight is 828 g/mol. The predicted molar refractivity (Wildman–Crippen MR) is 230 cm³/mol. The van der Waals surface area contributed by atoms with Gasteiger partial charge in [0.05, 0.1) is 26.1 Å². The molecule has 58 heavy (non-hydrogen) atoms. The number of nitrogens with zero attached hydrogens (tertiary/aromatic N) is 3. The lowest BCUT2D eigenvalue weighted by Gasteiger charge is -2.56. The number of rotatable bonds is 11. The van der Waals surface area contributed by atoms with Gasteiger partial charge in [0, 0.05) is 37.1 Å². The summed E-state index contributed by atoms with van der Waals surface area (Å²) in [5.41, 5.74) is 12.1. The third-order valence-electron chi connectivity index (χ3n) is 17.9. The van der Waals surface area contributed by atoms with Crippen molar-refractivity contribution < 1.29 is 31.7 Å². The smallest absolute Gasteiger partial charge is 0.302 e. The monoisotopic (exact) mass is 828 g/mol. The Balaban J connectivity index is 0.000000221. The second kappa shape index (κ2) is 18.3. The van der Waals surface area contributed by atoms with Crippen molar-refractivity contribution in [2.24, 2.45) is 86.0 Å². The maximum Gasteiger partial charge on any atom is 0.302 e. The highest BCUT2D eigenvalue weighted by Gasteiger charge is 2.58. The molecular weight excluding hydrogens is 751 g/mol. The molecular formula is C47H77N3O7S. The first-order valence-corrected chi connectivity index (χ1v) is 24.4. The largest absolute Gasteiger partial charge is 0.466 e. The van der Waals surface area contributed by atoms with Gasteiger partial charge in [0.2, 0.25) is 0 Å². The van der Waals surface area contributed by atoms with E-state index in [1.54, 1.807) is 0 Å². The van der Waals surface area contributed by atoms with Gasteiger partial charge in [-0.25, -0.2) is 0 Å². The number of hydrogen-bond acceptors (Lipinski definition) is 8. The number of carbonyl (C=O) groups excluding carboxylic acids is 2. The summed E-state index contributed by atoms with van der Waals surface area (Å²) in [6.07, 6.45) is 16.8. The molecule has 6 fully saturated rings. The van der Waals surface area contributed by atoms with E-state index in [4.69, 9.17) is 19.2 Å². The maximum absolute atomic E-state index is 11.7. The third-order valence-corrected chi connectivity index (χ3v) is 18.4. The van der Waals surface area contributed by atoms with Gasteiger partial charge in [-0.05, 0) is 152 Å². The Hall–Kier alpha value is -2.36. The van der Waals surface area contributed by atoms with Crippen LogP contribution in [0, 0.1) is 80.8 Å². The van der Waals surface area contributed by atoms with Crippen LogP contribution in [0.5, 0.6) is 0 Å². The molecule has 0 amide bonds. The van der Waals surface area contributed by atoms with Crippen molar-refractivity contribution in [3.8, 4) is 0 Å². The van der Waals surface area contributed by atoms with Gasteiger partial charge in [0.15, 0.2) is 0 Å². The van der Waals surface area contributed by atoms with Crippen LogP contribution in [0.25, 0.3) is 10.4 Å². The minimum Gasteiger partial charge on any atom is -0.466 e. The number of esters is 2. The number of hydrogen-bond donors (Lipinski definition) is 0. The lowest BCUT2D eigenvalue weighted by molar-refractivity contribution is -0.150. The van der Waals surface area contributed by atoms with Crippen LogP contribution in [-0.4, -0.2) is 53.0 Å². The van der Waals surface area contributed by atoms with Gasteiger partial charge in [0.1, 0.15) is 0 Å². The Labute approximate surface area is 351 Å². The second-order valence-corrected chi connectivity index (χ2v) is 22.8. The van der Waals surface area contributed by atoms with E-state index in [2.05, 4.69) is 64.7 Å². The molecule has 0 aromatic heterocycles. The Morgan fingerprint density at radius 3 is 1.55 bits per heavy atom. The van der Waals surface area contributed by atoms with Crippen LogP contribution in [0.15, 0.2) is 29.4 Å². The highest BCUT2D eigenvalue weighted by molar-refractivity contribution is 7.85. The summed E-state index contributed by atoms with van der Waals surface area (Å²) in [6.45, 7) is 27.7. The van der Waals surface area contributed by atoms with E-state index in [0.29, 0.717) is 67.1 Å². The van der Waals surface area contributed by atoms with Crippen LogP contribution in [0.2, 0.25) is 0 Å². The Morgan fingerprint density at radius 1 is 0.707 bits per heavy atom. The number of fused-ring (bicyclic) bond motifs is 2. The second-order valence-electron chi connectivity index (χ2n) is 21.1. The van der Waals surface area contributed by atoms with E-state index in [-0.39, 0.29) is 52.0 Å². The number of azide groups is 1. The number of ether oxygens (including phenoxy) is 2. The fourth-order valence-electron chi connectivity index (χ4n) is 14.0. The summed E-state index contributed by atoms with van der Waals surface area (Å²) >= 11 is 0. The van der Waals surface area contributed by atoms with Crippen molar-refractivity contribution in [2.45, 2.75) is 145 Å². The standard InChI is InChI=1S/C24H40O5S.C23H37N3O2/c1-16-9-11-24(5,19(13-16)14-29-30(6,26)27)22-10-12-23(4)17(2)7-8-21(23)20(22)15-28-18(3)25;1-15-8-10-23(5,18(12-15)13-25-26-24)21-9-11-22(4)16(2)6-7-20(22)19(21)14-28-17(3)27/h16,19-22H,2,7-15H2,1,3-6H3;15,18-21H,2,6-14H2,1,3-5H3/t16-,19+,20-,21?,22?,23+,24-;15-,18+,19-,20?,21?,22+,23-/m00/s1. The van der Waals surface area contributed by atoms with Crippen molar-refractivity contribution in [3.63, 3.8) is 0 Å². The molecule has 0 aliphatic heterocycles. The van der Waals surface area contributed by atoms with Gasteiger partial charge >= 0.3 is 11.9 Å². The maximum atomic E-state index is 11.7. The summed E-state index contributed by atoms with van der Waals surface area (Å²) in [7, 11) is -3.47. The Bertz CT molecular complexity index is 1690. The van der Waals surface area contributed by atoms with Gasteiger partial charge in [-0.15, -0.1) is 0 Å². The van der Waals surface area contributed by atoms with Gasteiger partial charge in [-0.3, -0.25) is 13.8 Å². The Morgan fingerprint density at radius 2 is 1.14 bits per heavy atom. The molecule has 0 bridgehead atoms. The molecule has 14 atom stereocenters. The molecule has 0 aromatic carbocycles. The minimum atomic E-state index is -3.47. The third kappa shape index (κ3) is 9.72. The van der Waals surface area contributed by atoms with Crippen LogP contribution in [-0.2, 0) is 33.4 Å². The first-order chi connectivity index (χ1) is 27.1. The zero-order valence-corrected chi connectivity index (χ0v) is 38.3. The molecule has 0 heterocycles. The minimum absolute atomic E-state index is 0.0206. The zero-order chi connectivity index (χ0) is 42.8. The van der Waals surface area contributed by atoms with Crippen molar-refractivity contribution in [2.75, 3.05) is 32.6 Å². The van der Waals surface area contributed by atoms with E-state index in [9.17, 15) is 18.0 Å². The van der Waals surface area contributed by atoms with E-state index < -0.39 is 10.1 Å². The van der Waals surface area contributed by atoms with E-state index >= 15 is 0 Å². The van der Waals surface area contributed by atoms with E-state index in [1.165, 1.54) is 44.3 Å². The van der Waals surface area contributed by atoms with Crippen LogP contribution in [0.3, 0.4) is 0 Å². The molecule has 6 aliphatic carbocycles. The number of carbonyl (C=O) groups is 2. The zero-order valence-electron chi connectivity index (χ0n) is 37.5. The lowest BCUT2D eigenvalue weighted by Crippen LogP contribution is -2.51. The molecule has 6 rings (SSSR count). The Kier molecular flexibility index (Phi) is 14.8. The molecule has 10 nitrogen and oxygen atoms in total. The molecule has 0 radical (unpaired) electrons. The molecule has 11 heteroatoms. The lowest BCUT2D eigenvalue weighted by atomic mass is 9.49. The van der Waals surface area contributed by atoms with Crippen LogP contribution >= 0.6 is 0 Å². The van der Waals surface area contributed by atoms with Crippen molar-refractivity contribution in [1.82, 2.24) is 0 Å². The first kappa shape index (κ1) is 46.7. The fourth-order valence-corrected chi connectivity index (χ4v) is 14.5. The summed E-state index contributed by atoms with van der Waals surface area (Å²) in [4.78, 5) is 26.4.